The molecule has 520 valence electrons. The Bertz CT molecular complexity index is 3410. The van der Waals surface area contributed by atoms with E-state index >= 15 is 0 Å². The molecule has 97 heavy (non-hydrogen) atoms. The van der Waals surface area contributed by atoms with Crippen molar-refractivity contribution in [3.05, 3.63) is 212 Å². The molecule has 0 atom stereocenters. The normalized spacial score (nSPS) is 16.4. The molecule has 0 bridgehead atoms. The Labute approximate surface area is 593 Å². The second kappa shape index (κ2) is 36.4. The number of ether oxygens (including phenoxy) is 3. The topological polar surface area (TPSA) is 77.1 Å². The van der Waals surface area contributed by atoms with E-state index in [9.17, 15) is 17.3 Å². The summed E-state index contributed by atoms with van der Waals surface area (Å²) in [6.07, 6.45) is 7.67. The van der Waals surface area contributed by atoms with Crippen molar-refractivity contribution in [3.63, 3.8) is 0 Å². The van der Waals surface area contributed by atoms with Crippen LogP contribution in [0, 0.1) is 0 Å². The zero-order valence-electron chi connectivity index (χ0n) is 60.4. The van der Waals surface area contributed by atoms with Crippen LogP contribution in [0.1, 0.15) is 263 Å². The van der Waals surface area contributed by atoms with Crippen molar-refractivity contribution in [1.29, 1.82) is 0 Å². The Kier molecular flexibility index (Phi) is 29.2. The molecule has 0 N–H and O–H groups in total. The van der Waals surface area contributed by atoms with Gasteiger partial charge < -0.3 is 31.5 Å². The molecule has 8 aromatic carbocycles. The van der Waals surface area contributed by atoms with Gasteiger partial charge in [-0.3, -0.25) is 0 Å². The molecule has 0 spiro atoms. The third-order valence-electron chi connectivity index (χ3n) is 18.0. The van der Waals surface area contributed by atoms with Crippen LogP contribution in [0.5, 0.6) is 0 Å². The summed E-state index contributed by atoms with van der Waals surface area (Å²) >= 11 is 0. The average Bonchev–Trinajstić information content (AvgIpc) is 1.61. The molecule has 0 radical (unpaired) electrons. The molecular formula is C84H104AgBF4N4O3. The fourth-order valence-electron chi connectivity index (χ4n) is 13.0. The molecular weight excluding hydrogens is 1310 g/mol. The van der Waals surface area contributed by atoms with E-state index in [4.69, 9.17) is 34.2 Å². The predicted octanol–water partition coefficient (Wildman–Crippen LogP) is 24.9. The van der Waals surface area contributed by atoms with Gasteiger partial charge in [0.1, 0.15) is 0 Å². The fraction of sp³-hybridized carbons (Fsp3) is 0.429. The van der Waals surface area contributed by atoms with Gasteiger partial charge in [-0.05, 0) is 141 Å². The molecule has 7 nitrogen and oxygen atoms in total. The Hall–Kier alpha value is -6.63. The Morgan fingerprint density at radius 2 is 0.423 bits per heavy atom. The first-order chi connectivity index (χ1) is 45.9. The third kappa shape index (κ3) is 20.1. The van der Waals surface area contributed by atoms with Crippen LogP contribution in [0.3, 0.4) is 0 Å². The summed E-state index contributed by atoms with van der Waals surface area (Å²) in [5, 5.41) is 4.99. The minimum Gasteiger partial charge on any atom is -0.418 e. The van der Waals surface area contributed by atoms with Crippen LogP contribution in [0.2, 0.25) is 0 Å². The smallest absolute Gasteiger partial charge is 0.418 e. The van der Waals surface area contributed by atoms with Gasteiger partial charge in [-0.2, -0.15) is 0 Å². The van der Waals surface area contributed by atoms with Crippen molar-refractivity contribution in [2.45, 2.75) is 197 Å². The maximum atomic E-state index is 9.75. The van der Waals surface area contributed by atoms with Gasteiger partial charge in [0.15, 0.2) is 0 Å². The number of aliphatic imine (C=N–C) groups is 4. The number of hydrogen-bond donors (Lipinski definition) is 0. The first-order valence-electron chi connectivity index (χ1n) is 35.4. The molecule has 3 fully saturated rings. The Morgan fingerprint density at radius 3 is 0.557 bits per heavy atom. The molecule has 0 amide bonds. The van der Waals surface area contributed by atoms with Crippen molar-refractivity contribution in [3.8, 4) is 0 Å². The van der Waals surface area contributed by atoms with Crippen molar-refractivity contribution in [2.75, 3.05) is 39.6 Å². The van der Waals surface area contributed by atoms with Gasteiger partial charge in [-0.15, -0.1) is 0 Å². The molecule has 3 heterocycles. The fourth-order valence-corrected chi connectivity index (χ4v) is 13.0. The van der Waals surface area contributed by atoms with E-state index in [2.05, 4.69) is 256 Å². The van der Waals surface area contributed by atoms with Crippen LogP contribution >= 0.6 is 0 Å². The second-order valence-corrected chi connectivity index (χ2v) is 28.1. The van der Waals surface area contributed by atoms with Gasteiger partial charge in [-0.1, -0.05) is 256 Å². The van der Waals surface area contributed by atoms with Gasteiger partial charge in [0.05, 0.1) is 45.6 Å². The third-order valence-corrected chi connectivity index (χ3v) is 18.0. The molecule has 2 aliphatic carbocycles. The molecule has 0 aromatic heterocycles. The summed E-state index contributed by atoms with van der Waals surface area (Å²) in [6.45, 7) is 42.2. The van der Waals surface area contributed by atoms with Crippen LogP contribution in [0.4, 0.5) is 40.0 Å². The molecule has 8 aromatic rings. The number of halogens is 4. The number of para-hydroxylation sites is 4. The van der Waals surface area contributed by atoms with E-state index in [1.165, 1.54) is 127 Å². The zero-order chi connectivity index (χ0) is 69.4. The van der Waals surface area contributed by atoms with Crippen LogP contribution in [-0.4, -0.2) is 69.7 Å². The van der Waals surface area contributed by atoms with Gasteiger partial charge in [0, 0.05) is 72.7 Å². The Balaban J connectivity index is 0.000000210. The van der Waals surface area contributed by atoms with Gasteiger partial charge in [-0.25, -0.2) is 20.0 Å². The largest absolute Gasteiger partial charge is 1.00 e. The van der Waals surface area contributed by atoms with E-state index < -0.39 is 7.25 Å². The van der Waals surface area contributed by atoms with E-state index in [1.807, 2.05) is 0 Å². The molecule has 13 rings (SSSR count). The molecule has 3 saturated heterocycles. The SMILES string of the molecule is C1CCOC1.C1CCOC1.C1CCOC1.CC(C)c1cccc(C(C)C)c1N=C1C(=Nc2c(C(C)C)cccc2C(C)C)c2cccc3cccc1c23.CC(C)c1cccc(C(C)C)c1N=C1C(=Nc2c(C(C)C)cccc2C(C)C)c2cccc3cccc1c23.F[B-](F)(F)F.[Ag+]. The summed E-state index contributed by atoms with van der Waals surface area (Å²) in [6, 6.07) is 52.9. The summed E-state index contributed by atoms with van der Waals surface area (Å²) in [5.41, 5.74) is 23.4. The van der Waals surface area contributed by atoms with Crippen molar-refractivity contribution < 1.29 is 53.9 Å². The van der Waals surface area contributed by atoms with E-state index in [0.29, 0.717) is 47.3 Å². The number of nitrogens with zero attached hydrogens (tertiary/aromatic N) is 4. The summed E-state index contributed by atoms with van der Waals surface area (Å²) in [7, 11) is -6.00. The molecule has 13 heteroatoms. The quantitative estimate of drug-likeness (QED) is 0.0903. The minimum atomic E-state index is -6.00. The maximum absolute atomic E-state index is 9.75. The van der Waals surface area contributed by atoms with Crippen LogP contribution in [0.25, 0.3) is 21.5 Å². The van der Waals surface area contributed by atoms with Gasteiger partial charge >= 0.3 is 29.6 Å². The van der Waals surface area contributed by atoms with Crippen LogP contribution < -0.4 is 0 Å². The first-order valence-corrected chi connectivity index (χ1v) is 35.4. The Morgan fingerprint density at radius 1 is 0.268 bits per heavy atom. The maximum Gasteiger partial charge on any atom is 1.00 e. The van der Waals surface area contributed by atoms with E-state index in [0.717, 1.165) is 85.2 Å². The van der Waals surface area contributed by atoms with Crippen molar-refractivity contribution >= 4 is 74.4 Å². The van der Waals surface area contributed by atoms with Crippen LogP contribution in [-0.2, 0) is 36.6 Å². The van der Waals surface area contributed by atoms with Gasteiger partial charge in [0.2, 0.25) is 0 Å². The summed E-state index contributed by atoms with van der Waals surface area (Å²) < 4.78 is 53.8. The van der Waals surface area contributed by atoms with E-state index in [-0.39, 0.29) is 22.4 Å². The molecule has 0 unspecified atom stereocenters. The number of hydrogen-bond acceptors (Lipinski definition) is 7. The predicted molar refractivity (Wildman–Crippen MR) is 402 cm³/mol. The zero-order valence-corrected chi connectivity index (χ0v) is 61.8. The molecule has 3 aliphatic heterocycles. The van der Waals surface area contributed by atoms with Crippen LogP contribution in [0.15, 0.2) is 166 Å². The molecule has 0 saturated carbocycles. The standard InChI is InChI=1S/2C36H40N2.3C4H8O.Ag.BF4/c2*1-21(2)26-15-11-16-27(22(3)4)33(26)37-35-30-19-9-13-25-14-10-20-31(32(25)30)36(35)38-34-28(23(5)6)17-12-18-29(34)24(7)8;3*1-2-4-5-3-1;;2-1(3,4)5/h2*9-24H,1-8H3;3*1-4H2;;/q;;;;;+1;-1. The van der Waals surface area contributed by atoms with Crippen molar-refractivity contribution in [1.82, 2.24) is 0 Å². The minimum absolute atomic E-state index is 0. The summed E-state index contributed by atoms with van der Waals surface area (Å²) in [5.74, 6) is 3.02. The monoisotopic (exact) mass is 1410 g/mol. The molecule has 5 aliphatic rings. The first kappa shape index (κ1) is 77.7. The summed E-state index contributed by atoms with van der Waals surface area (Å²) in [4.78, 5) is 22.2. The van der Waals surface area contributed by atoms with E-state index in [1.54, 1.807) is 0 Å². The number of rotatable bonds is 12. The number of benzene rings is 8. The average molecular weight is 1410 g/mol. The second-order valence-electron chi connectivity index (χ2n) is 28.1. The van der Waals surface area contributed by atoms with Gasteiger partial charge in [0.25, 0.3) is 0 Å². The van der Waals surface area contributed by atoms with Crippen molar-refractivity contribution in [2.24, 2.45) is 20.0 Å².